The van der Waals surface area contributed by atoms with Crippen LogP contribution in [0.3, 0.4) is 0 Å². The van der Waals surface area contributed by atoms with Crippen molar-refractivity contribution < 1.29 is 4.79 Å². The molecule has 0 amide bonds. The molecule has 4 heteroatoms. The zero-order chi connectivity index (χ0) is 10.6. The summed E-state index contributed by atoms with van der Waals surface area (Å²) in [6, 6.07) is 0. The Labute approximate surface area is 87.6 Å². The second-order valence-electron chi connectivity index (χ2n) is 3.66. The van der Waals surface area contributed by atoms with E-state index in [0.717, 1.165) is 11.8 Å². The summed E-state index contributed by atoms with van der Waals surface area (Å²) in [7, 11) is 0. The molecule has 0 aliphatic carbocycles. The number of nitrogens with one attached hydrogen (secondary N) is 1. The van der Waals surface area contributed by atoms with Crippen molar-refractivity contribution in [2.24, 2.45) is 0 Å². The third-order valence-electron chi connectivity index (χ3n) is 3.36. The van der Waals surface area contributed by atoms with Gasteiger partial charge in [0.2, 0.25) is 0 Å². The number of carbonyl (C=O) groups excluding carboxylic acids is 1. The van der Waals surface area contributed by atoms with E-state index in [1.807, 2.05) is 0 Å². The molecule has 0 spiro atoms. The van der Waals surface area contributed by atoms with Crippen molar-refractivity contribution in [3.8, 4) is 0 Å². The average Bonchev–Trinajstić information content (AvgIpc) is 2.70. The molecule has 3 nitrogen and oxygen atoms in total. The monoisotopic (exact) mass is 256 g/mol. The molecule has 14 heavy (non-hydrogen) atoms. The van der Waals surface area contributed by atoms with Gasteiger partial charge in [0, 0.05) is 0 Å². The van der Waals surface area contributed by atoms with E-state index in [-0.39, 0.29) is 0 Å². The molecular formula is C10H18GeN2O. The number of aromatic amines is 1. The van der Waals surface area contributed by atoms with Gasteiger partial charge in [-0.15, -0.1) is 0 Å². The normalized spacial score (nSPS) is 11.6. The molecule has 1 aromatic rings. The first-order valence-corrected chi connectivity index (χ1v) is 10.7. The van der Waals surface area contributed by atoms with Crippen molar-refractivity contribution >= 4 is 24.1 Å². The second-order valence-corrected chi connectivity index (χ2v) is 14.5. The number of aldehydes is 1. The van der Waals surface area contributed by atoms with E-state index in [0.29, 0.717) is 0 Å². The molecule has 1 rings (SSSR count). The molecular weight excluding hydrogens is 237 g/mol. The molecule has 1 heterocycles. The molecule has 0 unspecified atom stereocenters. The molecule has 0 saturated heterocycles. The van der Waals surface area contributed by atoms with Crippen molar-refractivity contribution in [1.82, 2.24) is 10.2 Å². The standard InChI is InChI=1S/C10H18GeN2O/c1-4-11(5-2,6-3)10-9(8-14)7-12-13-10/h7-8H,4-6H2,1-3H3,(H,12,13). The molecule has 78 valence electrons. The van der Waals surface area contributed by atoms with Crippen molar-refractivity contribution in [3.05, 3.63) is 11.8 Å². The van der Waals surface area contributed by atoms with Crippen LogP contribution in [0.2, 0.25) is 15.8 Å². The van der Waals surface area contributed by atoms with Crippen molar-refractivity contribution in [1.29, 1.82) is 0 Å². The molecule has 0 radical (unpaired) electrons. The zero-order valence-corrected chi connectivity index (χ0v) is 11.2. The summed E-state index contributed by atoms with van der Waals surface area (Å²) < 4.78 is 1.19. The Bertz CT molecular complexity index is 297. The van der Waals surface area contributed by atoms with E-state index < -0.39 is 13.3 Å². The summed E-state index contributed by atoms with van der Waals surface area (Å²) in [4.78, 5) is 10.9. The molecule has 0 fully saturated rings. The topological polar surface area (TPSA) is 45.8 Å². The van der Waals surface area contributed by atoms with Gasteiger partial charge in [-0.1, -0.05) is 0 Å². The molecule has 0 aliphatic rings. The van der Waals surface area contributed by atoms with E-state index in [4.69, 9.17) is 0 Å². The van der Waals surface area contributed by atoms with Crippen LogP contribution in [0.25, 0.3) is 0 Å². The van der Waals surface area contributed by atoms with Gasteiger partial charge in [0.15, 0.2) is 0 Å². The van der Waals surface area contributed by atoms with Gasteiger partial charge in [0.25, 0.3) is 0 Å². The fourth-order valence-corrected chi connectivity index (χ4v) is 9.64. The Hall–Kier alpha value is -0.577. The molecule has 1 N–H and O–H groups in total. The third kappa shape index (κ3) is 1.78. The van der Waals surface area contributed by atoms with Crippen LogP contribution in [-0.4, -0.2) is 29.7 Å². The van der Waals surface area contributed by atoms with Gasteiger partial charge in [-0.3, -0.25) is 0 Å². The van der Waals surface area contributed by atoms with Gasteiger partial charge < -0.3 is 0 Å². The van der Waals surface area contributed by atoms with E-state index >= 15 is 0 Å². The van der Waals surface area contributed by atoms with Crippen LogP contribution in [-0.2, 0) is 0 Å². The van der Waals surface area contributed by atoms with E-state index in [2.05, 4.69) is 31.0 Å². The summed E-state index contributed by atoms with van der Waals surface area (Å²) in [6.45, 7) is 6.72. The Morgan fingerprint density at radius 3 is 2.36 bits per heavy atom. The van der Waals surface area contributed by atoms with Gasteiger partial charge in [0.1, 0.15) is 0 Å². The molecule has 0 saturated carbocycles. The Morgan fingerprint density at radius 1 is 1.36 bits per heavy atom. The number of rotatable bonds is 5. The van der Waals surface area contributed by atoms with Gasteiger partial charge in [-0.2, -0.15) is 0 Å². The second kappa shape index (κ2) is 4.78. The first kappa shape index (κ1) is 11.5. The third-order valence-corrected chi connectivity index (χ3v) is 14.9. The quantitative estimate of drug-likeness (QED) is 0.645. The summed E-state index contributed by atoms with van der Waals surface area (Å²) in [5.41, 5.74) is 0.788. The zero-order valence-electron chi connectivity index (χ0n) is 9.13. The SMILES string of the molecule is C[CH2][Ge]([CH2]C)([CH2]C)[c]1[nH]ncc1C=O. The molecule has 1 aromatic heterocycles. The maximum atomic E-state index is 10.9. The molecule has 0 aromatic carbocycles. The molecule has 0 aliphatic heterocycles. The van der Waals surface area contributed by atoms with Crippen LogP contribution in [0.5, 0.6) is 0 Å². The average molecular weight is 255 g/mol. The predicted molar refractivity (Wildman–Crippen MR) is 60.8 cm³/mol. The van der Waals surface area contributed by atoms with E-state index in [1.165, 1.54) is 20.3 Å². The van der Waals surface area contributed by atoms with Crippen LogP contribution in [0.1, 0.15) is 31.1 Å². The van der Waals surface area contributed by atoms with E-state index in [1.54, 1.807) is 6.20 Å². The van der Waals surface area contributed by atoms with E-state index in [9.17, 15) is 4.79 Å². The first-order chi connectivity index (χ1) is 6.74. The summed E-state index contributed by atoms with van der Waals surface area (Å²) >= 11 is -2.00. The number of nitrogens with zero attached hydrogens (tertiary/aromatic N) is 1. The predicted octanol–water partition coefficient (Wildman–Crippen LogP) is 1.94. The van der Waals surface area contributed by atoms with Crippen LogP contribution in [0, 0.1) is 0 Å². The number of H-pyrrole nitrogens is 1. The first-order valence-electron chi connectivity index (χ1n) is 5.23. The minimum absolute atomic E-state index is 0.788. The summed E-state index contributed by atoms with van der Waals surface area (Å²) in [6.07, 6.45) is 2.59. The summed E-state index contributed by atoms with van der Waals surface area (Å²) in [5, 5.41) is 10.7. The van der Waals surface area contributed by atoms with Crippen LogP contribution < -0.4 is 4.53 Å². The fourth-order valence-electron chi connectivity index (χ4n) is 2.09. The van der Waals surface area contributed by atoms with Gasteiger partial charge >= 0.3 is 87.4 Å². The molecule has 0 bridgehead atoms. The number of hydrogen-bond donors (Lipinski definition) is 1. The maximum absolute atomic E-state index is 10.9. The van der Waals surface area contributed by atoms with Crippen LogP contribution in [0.15, 0.2) is 6.20 Å². The van der Waals surface area contributed by atoms with Gasteiger partial charge in [-0.25, -0.2) is 0 Å². The van der Waals surface area contributed by atoms with Crippen LogP contribution in [0.4, 0.5) is 0 Å². The van der Waals surface area contributed by atoms with Crippen molar-refractivity contribution in [3.63, 3.8) is 0 Å². The Kier molecular flexibility index (Phi) is 3.92. The number of carbonyl (C=O) groups is 1. The Balaban J connectivity index is 3.16. The van der Waals surface area contributed by atoms with Crippen molar-refractivity contribution in [2.75, 3.05) is 0 Å². The minimum atomic E-state index is -2.00. The molecule has 0 atom stereocenters. The van der Waals surface area contributed by atoms with Crippen molar-refractivity contribution in [2.45, 2.75) is 36.5 Å². The fraction of sp³-hybridized carbons (Fsp3) is 0.600. The number of hydrogen-bond acceptors (Lipinski definition) is 2. The Morgan fingerprint density at radius 2 is 1.93 bits per heavy atom. The number of aromatic nitrogens is 2. The van der Waals surface area contributed by atoms with Crippen LogP contribution >= 0.6 is 0 Å². The van der Waals surface area contributed by atoms with Gasteiger partial charge in [-0.05, 0) is 0 Å². The van der Waals surface area contributed by atoms with Gasteiger partial charge in [0.05, 0.1) is 0 Å². The summed E-state index contributed by atoms with van der Waals surface area (Å²) in [5.74, 6) is 0.